The molecule has 0 spiro atoms. The van der Waals surface area contributed by atoms with E-state index in [9.17, 15) is 0 Å². The van der Waals surface area contributed by atoms with Crippen molar-refractivity contribution in [3.8, 4) is 44.5 Å². The molecule has 0 saturated heterocycles. The highest BCUT2D eigenvalue weighted by atomic mass is 32.1. The molecule has 11 aromatic carbocycles. The fourth-order valence-corrected chi connectivity index (χ4v) is 12.3. The van der Waals surface area contributed by atoms with Gasteiger partial charge in [-0.15, -0.1) is 22.7 Å². The van der Waals surface area contributed by atoms with Crippen molar-refractivity contribution in [2.75, 3.05) is 9.80 Å². The highest BCUT2D eigenvalue weighted by Gasteiger charge is 2.19. The quantitative estimate of drug-likeness (QED) is 0.135. The molecule has 0 unspecified atom stereocenters. The molecule has 2 aromatic heterocycles. The van der Waals surface area contributed by atoms with Crippen LogP contribution in [0.4, 0.5) is 34.1 Å². The summed E-state index contributed by atoms with van der Waals surface area (Å²) in [7, 11) is 0. The average Bonchev–Trinajstić information content (AvgIpc) is 4.00. The van der Waals surface area contributed by atoms with Gasteiger partial charge in [-0.25, -0.2) is 0 Å². The first kappa shape index (κ1) is 41.6. The number of rotatable bonds is 10. The van der Waals surface area contributed by atoms with Crippen LogP contribution in [-0.4, -0.2) is 0 Å². The van der Waals surface area contributed by atoms with Gasteiger partial charge in [0.05, 0.1) is 0 Å². The maximum atomic E-state index is 2.40. The molecule has 0 aliphatic heterocycles. The molecular weight excluding hydrogens is 885 g/mol. The maximum absolute atomic E-state index is 2.40. The third kappa shape index (κ3) is 7.79. The second-order valence-electron chi connectivity index (χ2n) is 17.7. The second-order valence-corrected chi connectivity index (χ2v) is 19.9. The van der Waals surface area contributed by atoms with E-state index in [0.717, 1.165) is 45.3 Å². The predicted octanol–water partition coefficient (Wildman–Crippen LogP) is 20.0. The smallest absolute Gasteiger partial charge is 0.0476 e. The SMILES string of the molecule is c1ccc(-c2ccc(-c3ccc(N(c4cccc(-c5cccc(N(c6ccc(-c7ccccc7)cc6)c6ccc7c(c6)sc6ccccc67)c5)c4)c4ccc5c(c4)sc4ccccc45)cc3)cc2)cc1. The van der Waals surface area contributed by atoms with Crippen LogP contribution in [0, 0.1) is 0 Å². The van der Waals surface area contributed by atoms with Crippen molar-refractivity contribution in [1.29, 1.82) is 0 Å². The molecule has 13 aromatic rings. The van der Waals surface area contributed by atoms with Crippen LogP contribution in [0.5, 0.6) is 0 Å². The lowest BCUT2D eigenvalue weighted by atomic mass is 10.00. The van der Waals surface area contributed by atoms with Crippen molar-refractivity contribution in [3.63, 3.8) is 0 Å². The standard InChI is InChI=1S/C66H44N2S2/c1-3-13-45(14-4-1)47-25-27-48(28-26-47)50-31-35-54(36-32-50)68(58-38-40-62-60-22-8-10-24-64(60)70-66(62)44-58)56-20-12-18-52(42-56)51-17-11-19-55(41-51)67(53-33-29-49(30-34-53)46-15-5-2-6-16-46)57-37-39-61-59-21-7-9-23-63(59)69-65(61)43-57/h1-44H. The molecule has 0 bridgehead atoms. The molecule has 0 aliphatic rings. The zero-order valence-corrected chi connectivity index (χ0v) is 39.7. The monoisotopic (exact) mass is 928 g/mol. The van der Waals surface area contributed by atoms with Crippen LogP contribution >= 0.6 is 22.7 Å². The minimum Gasteiger partial charge on any atom is -0.310 e. The van der Waals surface area contributed by atoms with Gasteiger partial charge in [-0.05, 0) is 129 Å². The number of nitrogens with zero attached hydrogens (tertiary/aromatic N) is 2. The van der Waals surface area contributed by atoms with E-state index in [-0.39, 0.29) is 0 Å². The molecule has 330 valence electrons. The molecule has 0 saturated carbocycles. The lowest BCUT2D eigenvalue weighted by molar-refractivity contribution is 1.28. The first-order valence-electron chi connectivity index (χ1n) is 23.7. The minimum atomic E-state index is 1.09. The van der Waals surface area contributed by atoms with Gasteiger partial charge >= 0.3 is 0 Å². The molecule has 0 atom stereocenters. The summed E-state index contributed by atoms with van der Waals surface area (Å²) >= 11 is 3.71. The van der Waals surface area contributed by atoms with E-state index in [1.54, 1.807) is 0 Å². The molecule has 4 heteroatoms. The normalized spacial score (nSPS) is 11.4. The number of hydrogen-bond donors (Lipinski definition) is 0. The van der Waals surface area contributed by atoms with E-state index in [1.165, 1.54) is 73.7 Å². The number of benzene rings is 11. The summed E-state index contributed by atoms with van der Waals surface area (Å²) in [6.45, 7) is 0. The fourth-order valence-electron chi connectivity index (χ4n) is 9.97. The van der Waals surface area contributed by atoms with Gasteiger partial charge in [0, 0.05) is 74.5 Å². The third-order valence-corrected chi connectivity index (χ3v) is 15.7. The fraction of sp³-hybridized carbons (Fsp3) is 0. The molecule has 70 heavy (non-hydrogen) atoms. The van der Waals surface area contributed by atoms with Crippen molar-refractivity contribution >= 4 is 97.1 Å². The largest absolute Gasteiger partial charge is 0.310 e. The van der Waals surface area contributed by atoms with E-state index < -0.39 is 0 Å². The van der Waals surface area contributed by atoms with Gasteiger partial charge in [0.15, 0.2) is 0 Å². The van der Waals surface area contributed by atoms with Crippen molar-refractivity contribution in [2.24, 2.45) is 0 Å². The maximum Gasteiger partial charge on any atom is 0.0476 e. The van der Waals surface area contributed by atoms with E-state index in [4.69, 9.17) is 0 Å². The predicted molar refractivity (Wildman–Crippen MR) is 303 cm³/mol. The lowest BCUT2D eigenvalue weighted by Gasteiger charge is -2.27. The Balaban J connectivity index is 0.895. The Hall–Kier alpha value is -8.54. The Morgan fingerprint density at radius 3 is 0.900 bits per heavy atom. The van der Waals surface area contributed by atoms with Gasteiger partial charge in [0.25, 0.3) is 0 Å². The third-order valence-electron chi connectivity index (χ3n) is 13.5. The van der Waals surface area contributed by atoms with E-state index in [1.807, 2.05) is 22.7 Å². The minimum absolute atomic E-state index is 1.09. The number of anilines is 6. The molecule has 13 rings (SSSR count). The molecular formula is C66H44N2S2. The van der Waals surface area contributed by atoms with Crippen LogP contribution in [0.1, 0.15) is 0 Å². The first-order valence-corrected chi connectivity index (χ1v) is 25.4. The molecule has 2 nitrogen and oxygen atoms in total. The van der Waals surface area contributed by atoms with Crippen molar-refractivity contribution in [2.45, 2.75) is 0 Å². The van der Waals surface area contributed by atoms with Crippen LogP contribution < -0.4 is 9.80 Å². The van der Waals surface area contributed by atoms with Crippen LogP contribution in [-0.2, 0) is 0 Å². The van der Waals surface area contributed by atoms with Crippen molar-refractivity contribution in [1.82, 2.24) is 0 Å². The summed E-state index contributed by atoms with van der Waals surface area (Å²) in [6, 6.07) is 97.4. The molecule has 0 amide bonds. The van der Waals surface area contributed by atoms with Crippen LogP contribution in [0.3, 0.4) is 0 Å². The molecule has 0 N–H and O–H groups in total. The number of fused-ring (bicyclic) bond motifs is 6. The Morgan fingerprint density at radius 2 is 0.486 bits per heavy atom. The van der Waals surface area contributed by atoms with Gasteiger partial charge in [0.1, 0.15) is 0 Å². The summed E-state index contributed by atoms with van der Waals surface area (Å²) in [5.74, 6) is 0. The molecule has 0 radical (unpaired) electrons. The Labute approximate surface area is 415 Å². The summed E-state index contributed by atoms with van der Waals surface area (Å²) < 4.78 is 5.15. The zero-order chi connectivity index (χ0) is 46.4. The highest BCUT2D eigenvalue weighted by Crippen LogP contribution is 2.45. The molecule has 0 aliphatic carbocycles. The zero-order valence-electron chi connectivity index (χ0n) is 38.1. The summed E-state index contributed by atoms with van der Waals surface area (Å²) in [6.07, 6.45) is 0. The average molecular weight is 929 g/mol. The van der Waals surface area contributed by atoms with E-state index in [0.29, 0.717) is 0 Å². The lowest BCUT2D eigenvalue weighted by Crippen LogP contribution is -2.10. The Bertz CT molecular complexity index is 3990. The van der Waals surface area contributed by atoms with E-state index in [2.05, 4.69) is 277 Å². The van der Waals surface area contributed by atoms with Crippen LogP contribution in [0.2, 0.25) is 0 Å². The van der Waals surface area contributed by atoms with Crippen LogP contribution in [0.15, 0.2) is 267 Å². The van der Waals surface area contributed by atoms with Crippen molar-refractivity contribution in [3.05, 3.63) is 267 Å². The summed E-state index contributed by atoms with van der Waals surface area (Å²) in [5, 5.41) is 5.18. The van der Waals surface area contributed by atoms with Gasteiger partial charge in [0.2, 0.25) is 0 Å². The van der Waals surface area contributed by atoms with Gasteiger partial charge in [-0.1, -0.05) is 182 Å². The van der Waals surface area contributed by atoms with E-state index >= 15 is 0 Å². The molecule has 2 heterocycles. The Kier molecular flexibility index (Phi) is 10.6. The van der Waals surface area contributed by atoms with Crippen LogP contribution in [0.25, 0.3) is 84.9 Å². The highest BCUT2D eigenvalue weighted by molar-refractivity contribution is 7.26. The summed E-state index contributed by atoms with van der Waals surface area (Å²) in [4.78, 5) is 4.80. The summed E-state index contributed by atoms with van der Waals surface area (Å²) in [5.41, 5.74) is 16.1. The second kappa shape index (κ2) is 17.8. The Morgan fingerprint density at radius 1 is 0.186 bits per heavy atom. The first-order chi connectivity index (χ1) is 34.7. The number of hydrogen-bond acceptors (Lipinski definition) is 4. The number of thiophene rings is 2. The van der Waals surface area contributed by atoms with Gasteiger partial charge < -0.3 is 9.80 Å². The molecule has 0 fully saturated rings. The topological polar surface area (TPSA) is 6.48 Å². The van der Waals surface area contributed by atoms with Gasteiger partial charge in [-0.3, -0.25) is 0 Å². The van der Waals surface area contributed by atoms with Gasteiger partial charge in [-0.2, -0.15) is 0 Å². The van der Waals surface area contributed by atoms with Crippen molar-refractivity contribution < 1.29 is 0 Å².